The number of rotatable bonds is 4. The minimum absolute atomic E-state index is 0.00920. The van der Waals surface area contributed by atoms with Gasteiger partial charge in [0.1, 0.15) is 11.5 Å². The van der Waals surface area contributed by atoms with Gasteiger partial charge in [0.15, 0.2) is 5.76 Å². The van der Waals surface area contributed by atoms with Crippen LogP contribution in [0.25, 0.3) is 11.3 Å². The second kappa shape index (κ2) is 7.83. The van der Waals surface area contributed by atoms with Gasteiger partial charge in [0, 0.05) is 21.2 Å². The van der Waals surface area contributed by atoms with Crippen LogP contribution in [0.2, 0.25) is 15.1 Å². The van der Waals surface area contributed by atoms with Crippen molar-refractivity contribution in [1.29, 1.82) is 0 Å². The van der Waals surface area contributed by atoms with Crippen LogP contribution in [0.4, 0.5) is 0 Å². The summed E-state index contributed by atoms with van der Waals surface area (Å²) in [5.74, 6) is -0.0871. The molecule has 1 amide bonds. The summed E-state index contributed by atoms with van der Waals surface area (Å²) >= 11 is 17.8. The van der Waals surface area contributed by atoms with E-state index in [-0.39, 0.29) is 11.5 Å². The van der Waals surface area contributed by atoms with Crippen molar-refractivity contribution < 1.29 is 14.3 Å². The molecule has 0 unspecified atom stereocenters. The number of phenols is 1. The fourth-order valence-corrected chi connectivity index (χ4v) is 2.82. The molecule has 0 aliphatic rings. The number of carbonyl (C=O) groups excluding carboxylic acids is 1. The van der Waals surface area contributed by atoms with Gasteiger partial charge in [0.25, 0.3) is 0 Å². The summed E-state index contributed by atoms with van der Waals surface area (Å²) in [4.78, 5) is 12.1. The number of nitrogens with one attached hydrogen (secondary N) is 1. The molecule has 0 radical (unpaired) electrons. The molecule has 0 spiro atoms. The summed E-state index contributed by atoms with van der Waals surface area (Å²) < 4.78 is 5.51. The lowest BCUT2D eigenvalue weighted by atomic mass is 10.2. The first-order valence-corrected chi connectivity index (χ1v) is 8.44. The van der Waals surface area contributed by atoms with Crippen molar-refractivity contribution in [3.63, 3.8) is 0 Å². The normalized spacial score (nSPS) is 11.0. The second-order valence-corrected chi connectivity index (χ2v) is 6.47. The number of nitrogens with zero attached hydrogens (tertiary/aromatic N) is 1. The van der Waals surface area contributed by atoms with E-state index in [0.717, 1.165) is 0 Å². The smallest absolute Gasteiger partial charge is 0.307 e. The highest BCUT2D eigenvalue weighted by Gasteiger charge is 2.13. The largest absolute Gasteiger partial charge is 0.507 e. The predicted molar refractivity (Wildman–Crippen MR) is 102 cm³/mol. The van der Waals surface area contributed by atoms with E-state index < -0.39 is 5.91 Å². The van der Waals surface area contributed by atoms with E-state index in [2.05, 4.69) is 10.5 Å². The number of hydrogen-bond donors (Lipinski definition) is 2. The third-order valence-corrected chi connectivity index (χ3v) is 4.17. The molecule has 0 atom stereocenters. The third-order valence-electron chi connectivity index (χ3n) is 3.39. The van der Waals surface area contributed by atoms with E-state index in [1.807, 2.05) is 0 Å². The van der Waals surface area contributed by atoms with Gasteiger partial charge in [-0.25, -0.2) is 5.43 Å². The first-order valence-electron chi connectivity index (χ1n) is 7.31. The van der Waals surface area contributed by atoms with Gasteiger partial charge in [0.05, 0.1) is 11.2 Å². The Morgan fingerprint density at radius 2 is 1.77 bits per heavy atom. The maximum Gasteiger partial charge on any atom is 0.307 e. The molecular formula is C18H11Cl3N2O3. The number of furan rings is 1. The maximum atomic E-state index is 12.1. The molecule has 2 N–H and O–H groups in total. The van der Waals surface area contributed by atoms with Gasteiger partial charge in [-0.1, -0.05) is 34.8 Å². The Kier molecular flexibility index (Phi) is 5.52. The van der Waals surface area contributed by atoms with Crippen molar-refractivity contribution in [3.8, 4) is 17.1 Å². The Morgan fingerprint density at radius 3 is 2.54 bits per heavy atom. The summed E-state index contributed by atoms with van der Waals surface area (Å²) in [5, 5.41) is 14.8. The topological polar surface area (TPSA) is 74.8 Å². The Labute approximate surface area is 163 Å². The molecule has 8 heteroatoms. The molecule has 1 heterocycles. The molecule has 0 saturated heterocycles. The van der Waals surface area contributed by atoms with Gasteiger partial charge in [0.2, 0.25) is 0 Å². The molecule has 5 nitrogen and oxygen atoms in total. The molecule has 3 aromatic rings. The number of benzene rings is 2. The number of carbonyl (C=O) groups is 1. The monoisotopic (exact) mass is 408 g/mol. The Hall–Kier alpha value is -2.47. The van der Waals surface area contributed by atoms with Crippen LogP contribution in [0, 0.1) is 0 Å². The summed E-state index contributed by atoms with van der Waals surface area (Å²) in [7, 11) is 0. The average molecular weight is 410 g/mol. The van der Waals surface area contributed by atoms with E-state index in [0.29, 0.717) is 32.0 Å². The lowest BCUT2D eigenvalue weighted by Crippen LogP contribution is -2.16. The van der Waals surface area contributed by atoms with Crippen LogP contribution in [0.5, 0.6) is 5.75 Å². The van der Waals surface area contributed by atoms with Crippen molar-refractivity contribution >= 4 is 46.9 Å². The molecule has 0 saturated carbocycles. The molecule has 3 rings (SSSR count). The summed E-state index contributed by atoms with van der Waals surface area (Å²) in [6, 6.07) is 12.6. The van der Waals surface area contributed by atoms with Crippen LogP contribution >= 0.6 is 34.8 Å². The lowest BCUT2D eigenvalue weighted by Gasteiger charge is -2.01. The minimum Gasteiger partial charge on any atom is -0.507 e. The highest BCUT2D eigenvalue weighted by molar-refractivity contribution is 6.36. The zero-order valence-corrected chi connectivity index (χ0v) is 15.3. The number of hydrogen-bond acceptors (Lipinski definition) is 4. The van der Waals surface area contributed by atoms with E-state index in [9.17, 15) is 9.90 Å². The van der Waals surface area contributed by atoms with Crippen LogP contribution in [0.1, 0.15) is 16.1 Å². The van der Waals surface area contributed by atoms with Gasteiger partial charge >= 0.3 is 5.91 Å². The van der Waals surface area contributed by atoms with Crippen molar-refractivity contribution in [2.24, 2.45) is 5.10 Å². The number of amides is 1. The Morgan fingerprint density at radius 1 is 1.04 bits per heavy atom. The van der Waals surface area contributed by atoms with Crippen LogP contribution in [-0.2, 0) is 0 Å². The van der Waals surface area contributed by atoms with Crippen molar-refractivity contribution in [2.45, 2.75) is 0 Å². The fourth-order valence-electron chi connectivity index (χ4n) is 2.14. The molecule has 2 aromatic carbocycles. The molecule has 26 heavy (non-hydrogen) atoms. The second-order valence-electron chi connectivity index (χ2n) is 5.19. The minimum atomic E-state index is -0.556. The first kappa shape index (κ1) is 18.3. The van der Waals surface area contributed by atoms with Crippen LogP contribution in [0.3, 0.4) is 0 Å². The molecule has 0 aliphatic heterocycles. The highest BCUT2D eigenvalue weighted by atomic mass is 35.5. The number of halogens is 3. The standard InChI is InChI=1S/C18H11Cl3N2O3/c19-11-2-4-15(24)10(7-11)9-22-23-18(25)17-6-5-16(26-17)13-3-1-12(20)8-14(13)21/h1-9,24H,(H,23,25)/b22-9+. The quantitative estimate of drug-likeness (QED) is 0.449. The van der Waals surface area contributed by atoms with Crippen molar-refractivity contribution in [1.82, 2.24) is 5.43 Å². The third kappa shape index (κ3) is 4.19. The van der Waals surface area contributed by atoms with Gasteiger partial charge in [-0.15, -0.1) is 0 Å². The fraction of sp³-hybridized carbons (Fsp3) is 0. The predicted octanol–water partition coefficient (Wildman–Crippen LogP) is 5.38. The number of phenolic OH excluding ortho intramolecular Hbond substituents is 1. The lowest BCUT2D eigenvalue weighted by molar-refractivity contribution is 0.0928. The van der Waals surface area contributed by atoms with E-state index in [4.69, 9.17) is 39.2 Å². The number of aromatic hydroxyl groups is 1. The Bertz CT molecular complexity index is 999. The van der Waals surface area contributed by atoms with Crippen molar-refractivity contribution in [3.05, 3.63) is 74.9 Å². The van der Waals surface area contributed by atoms with E-state index in [1.54, 1.807) is 30.3 Å². The zero-order chi connectivity index (χ0) is 18.7. The van der Waals surface area contributed by atoms with Gasteiger partial charge in [-0.05, 0) is 48.5 Å². The van der Waals surface area contributed by atoms with Crippen molar-refractivity contribution in [2.75, 3.05) is 0 Å². The summed E-state index contributed by atoms with van der Waals surface area (Å²) in [6.07, 6.45) is 1.28. The molecule has 0 bridgehead atoms. The van der Waals surface area contributed by atoms with Crippen LogP contribution in [0.15, 0.2) is 58.0 Å². The first-order chi connectivity index (χ1) is 12.4. The zero-order valence-electron chi connectivity index (χ0n) is 13.0. The molecule has 1 aromatic heterocycles. The van der Waals surface area contributed by atoms with Gasteiger partial charge < -0.3 is 9.52 Å². The molecule has 0 fully saturated rings. The average Bonchev–Trinajstić information content (AvgIpc) is 3.07. The highest BCUT2D eigenvalue weighted by Crippen LogP contribution is 2.31. The Balaban J connectivity index is 1.72. The summed E-state index contributed by atoms with van der Waals surface area (Å²) in [6.45, 7) is 0. The maximum absolute atomic E-state index is 12.1. The van der Waals surface area contributed by atoms with Crippen LogP contribution in [-0.4, -0.2) is 17.2 Å². The number of hydrazone groups is 1. The van der Waals surface area contributed by atoms with Gasteiger partial charge in [-0.3, -0.25) is 4.79 Å². The van der Waals surface area contributed by atoms with Gasteiger partial charge in [-0.2, -0.15) is 5.10 Å². The molecule has 0 aliphatic carbocycles. The molecule has 132 valence electrons. The van der Waals surface area contributed by atoms with Crippen LogP contribution < -0.4 is 5.43 Å². The summed E-state index contributed by atoms with van der Waals surface area (Å²) in [5.41, 5.74) is 3.29. The molecular weight excluding hydrogens is 399 g/mol. The van der Waals surface area contributed by atoms with E-state index >= 15 is 0 Å². The van der Waals surface area contributed by atoms with E-state index in [1.165, 1.54) is 24.4 Å². The SMILES string of the molecule is O=C(N/N=C/c1cc(Cl)ccc1O)c1ccc(-c2ccc(Cl)cc2Cl)o1.